The Morgan fingerprint density at radius 2 is 1.74 bits per heavy atom. The van der Waals surface area contributed by atoms with Crippen molar-refractivity contribution in [1.82, 2.24) is 9.78 Å². The highest BCUT2D eigenvalue weighted by Crippen LogP contribution is 2.26. The van der Waals surface area contributed by atoms with Crippen molar-refractivity contribution in [3.8, 4) is 5.69 Å². The molecule has 2 aromatic carbocycles. The lowest BCUT2D eigenvalue weighted by Crippen LogP contribution is -2.14. The number of nitrogens with one attached hydrogen (secondary N) is 1. The SMILES string of the molecule is Nc1cccc(-n2[nH]c(C(=O)O)c(N=Nc3ccc(S(=O)(=O)O)cc3C(=O)O)c2=O)c1. The maximum Gasteiger partial charge on any atom is 0.356 e. The highest BCUT2D eigenvalue weighted by atomic mass is 32.2. The number of nitrogens with zero attached hydrogens (tertiary/aromatic N) is 3. The van der Waals surface area contributed by atoms with E-state index < -0.39 is 49.5 Å². The van der Waals surface area contributed by atoms with Gasteiger partial charge in [0, 0.05) is 5.69 Å². The number of hydrogen-bond acceptors (Lipinski definition) is 8. The lowest BCUT2D eigenvalue weighted by atomic mass is 10.2. The number of nitrogen functional groups attached to an aromatic ring is 1. The second-order valence-corrected chi connectivity index (χ2v) is 7.46. The molecule has 0 saturated carbocycles. The minimum atomic E-state index is -4.68. The number of azo groups is 1. The molecule has 1 heterocycles. The number of carboxylic acids is 2. The molecule has 14 heteroatoms. The minimum absolute atomic E-state index is 0.220. The van der Waals surface area contributed by atoms with Gasteiger partial charge in [0.2, 0.25) is 0 Å². The number of benzene rings is 2. The quantitative estimate of drug-likeness (QED) is 0.211. The minimum Gasteiger partial charge on any atom is -0.478 e. The molecule has 13 nitrogen and oxygen atoms in total. The molecule has 0 bridgehead atoms. The van der Waals surface area contributed by atoms with E-state index in [-0.39, 0.29) is 11.4 Å². The van der Waals surface area contributed by atoms with Crippen LogP contribution in [0.5, 0.6) is 0 Å². The van der Waals surface area contributed by atoms with Crippen LogP contribution in [0.15, 0.2) is 62.4 Å². The molecule has 0 fully saturated rings. The van der Waals surface area contributed by atoms with Crippen LogP contribution in [0.3, 0.4) is 0 Å². The van der Waals surface area contributed by atoms with Crippen LogP contribution in [-0.4, -0.2) is 44.9 Å². The predicted molar refractivity (Wildman–Crippen MR) is 105 cm³/mol. The van der Waals surface area contributed by atoms with E-state index in [0.717, 1.165) is 16.8 Å². The number of anilines is 1. The zero-order valence-corrected chi connectivity index (χ0v) is 16.1. The van der Waals surface area contributed by atoms with Crippen LogP contribution in [0.4, 0.5) is 17.1 Å². The van der Waals surface area contributed by atoms with Crippen molar-refractivity contribution in [3.63, 3.8) is 0 Å². The summed E-state index contributed by atoms with van der Waals surface area (Å²) in [5, 5.41) is 28.2. The number of carbonyl (C=O) groups is 2. The van der Waals surface area contributed by atoms with Gasteiger partial charge in [-0.15, -0.1) is 10.2 Å². The average molecular weight is 447 g/mol. The summed E-state index contributed by atoms with van der Waals surface area (Å²) in [6.07, 6.45) is 0. The Hall–Kier alpha value is -4.30. The van der Waals surface area contributed by atoms with Gasteiger partial charge in [-0.2, -0.15) is 8.42 Å². The molecule has 31 heavy (non-hydrogen) atoms. The van der Waals surface area contributed by atoms with E-state index in [9.17, 15) is 33.0 Å². The highest BCUT2D eigenvalue weighted by molar-refractivity contribution is 7.85. The third-order valence-corrected chi connectivity index (χ3v) is 4.81. The second kappa shape index (κ2) is 7.85. The van der Waals surface area contributed by atoms with E-state index in [4.69, 9.17) is 10.3 Å². The molecule has 0 spiro atoms. The molecular formula is C17H13N5O8S. The van der Waals surface area contributed by atoms with Crippen LogP contribution in [0, 0.1) is 0 Å². The monoisotopic (exact) mass is 447 g/mol. The van der Waals surface area contributed by atoms with Crippen LogP contribution in [-0.2, 0) is 10.1 Å². The Kier molecular flexibility index (Phi) is 5.42. The number of aromatic amines is 1. The first-order chi connectivity index (χ1) is 14.5. The number of hydrogen-bond donors (Lipinski definition) is 5. The lowest BCUT2D eigenvalue weighted by molar-refractivity contribution is 0.0682. The fourth-order valence-corrected chi connectivity index (χ4v) is 3.06. The third-order valence-electron chi connectivity index (χ3n) is 3.96. The van der Waals surface area contributed by atoms with Crippen LogP contribution >= 0.6 is 0 Å². The zero-order chi connectivity index (χ0) is 22.9. The number of rotatable bonds is 6. The summed E-state index contributed by atoms with van der Waals surface area (Å²) in [7, 11) is -4.68. The number of H-pyrrole nitrogens is 1. The number of aromatic carboxylic acids is 2. The Balaban J connectivity index is 2.14. The molecule has 3 aromatic rings. The molecule has 6 N–H and O–H groups in total. The Bertz CT molecular complexity index is 1400. The molecule has 0 saturated heterocycles. The first-order valence-electron chi connectivity index (χ1n) is 8.20. The molecule has 0 radical (unpaired) electrons. The van der Waals surface area contributed by atoms with Crippen molar-refractivity contribution < 1.29 is 32.8 Å². The fourth-order valence-electron chi connectivity index (χ4n) is 2.55. The Labute approximate surface area is 172 Å². The van der Waals surface area contributed by atoms with Crippen molar-refractivity contribution >= 4 is 39.1 Å². The zero-order valence-electron chi connectivity index (χ0n) is 15.3. The van der Waals surface area contributed by atoms with E-state index in [1.807, 2.05) is 0 Å². The normalized spacial score (nSPS) is 11.6. The van der Waals surface area contributed by atoms with Gasteiger partial charge in [0.25, 0.3) is 15.7 Å². The Morgan fingerprint density at radius 3 is 2.32 bits per heavy atom. The number of carboxylic acid groups (broad SMARTS) is 2. The van der Waals surface area contributed by atoms with Crippen molar-refractivity contribution in [2.45, 2.75) is 4.90 Å². The molecular weight excluding hydrogens is 434 g/mol. The molecule has 3 rings (SSSR count). The Morgan fingerprint density at radius 1 is 1.03 bits per heavy atom. The van der Waals surface area contributed by atoms with E-state index in [2.05, 4.69) is 15.3 Å². The maximum atomic E-state index is 12.7. The molecule has 0 aliphatic rings. The summed E-state index contributed by atoms with van der Waals surface area (Å²) in [5.74, 6) is -3.13. The molecule has 0 unspecified atom stereocenters. The van der Waals surface area contributed by atoms with Gasteiger partial charge in [-0.3, -0.25) is 14.4 Å². The van der Waals surface area contributed by atoms with Crippen molar-refractivity contribution in [2.75, 3.05) is 5.73 Å². The van der Waals surface area contributed by atoms with E-state index in [0.29, 0.717) is 11.8 Å². The molecule has 0 aliphatic carbocycles. The van der Waals surface area contributed by atoms with Gasteiger partial charge in [-0.1, -0.05) is 6.07 Å². The third kappa shape index (κ3) is 4.34. The molecule has 0 aliphatic heterocycles. The van der Waals surface area contributed by atoms with Crippen molar-refractivity contribution in [1.29, 1.82) is 0 Å². The molecule has 1 aromatic heterocycles. The van der Waals surface area contributed by atoms with E-state index in [1.165, 1.54) is 18.2 Å². The lowest BCUT2D eigenvalue weighted by Gasteiger charge is -2.02. The van der Waals surface area contributed by atoms with Gasteiger partial charge in [-0.05, 0) is 36.4 Å². The average Bonchev–Trinajstić information content (AvgIpc) is 3.02. The summed E-state index contributed by atoms with van der Waals surface area (Å²) >= 11 is 0. The first kappa shape index (κ1) is 21.4. The maximum absolute atomic E-state index is 12.7. The van der Waals surface area contributed by atoms with Crippen LogP contribution in [0.25, 0.3) is 5.69 Å². The van der Waals surface area contributed by atoms with Gasteiger partial charge in [0.1, 0.15) is 5.69 Å². The summed E-state index contributed by atoms with van der Waals surface area (Å²) in [4.78, 5) is 34.9. The topological polar surface area (TPSA) is 217 Å². The number of aromatic nitrogens is 2. The van der Waals surface area contributed by atoms with Crippen LogP contribution in [0.1, 0.15) is 20.8 Å². The first-order valence-corrected chi connectivity index (χ1v) is 9.64. The number of nitrogens with two attached hydrogens (primary N) is 1. The smallest absolute Gasteiger partial charge is 0.356 e. The van der Waals surface area contributed by atoms with Gasteiger partial charge < -0.3 is 15.9 Å². The standard InChI is InChI=1S/C17H13N5O8S/c18-8-2-1-3-9(6-8)22-15(23)13(14(21-22)17(26)27)20-19-12-5-4-10(31(28,29)30)7-11(12)16(24)25/h1-7,21H,18H2,(H,24,25)(H,26,27)(H,28,29,30). The summed E-state index contributed by atoms with van der Waals surface area (Å²) in [6.45, 7) is 0. The predicted octanol–water partition coefficient (Wildman–Crippen LogP) is 1.81. The summed E-state index contributed by atoms with van der Waals surface area (Å²) in [6, 6.07) is 8.43. The summed E-state index contributed by atoms with van der Waals surface area (Å²) < 4.78 is 32.4. The summed E-state index contributed by atoms with van der Waals surface area (Å²) in [5.41, 5.74) is 3.00. The van der Waals surface area contributed by atoms with Crippen molar-refractivity contribution in [2.24, 2.45) is 10.2 Å². The van der Waals surface area contributed by atoms with Gasteiger partial charge in [0.15, 0.2) is 11.4 Å². The van der Waals surface area contributed by atoms with Gasteiger partial charge in [-0.25, -0.2) is 14.3 Å². The molecule has 160 valence electrons. The van der Waals surface area contributed by atoms with Crippen LogP contribution < -0.4 is 11.3 Å². The van der Waals surface area contributed by atoms with Crippen molar-refractivity contribution in [3.05, 3.63) is 64.1 Å². The molecule has 0 amide bonds. The highest BCUT2D eigenvalue weighted by Gasteiger charge is 2.22. The fraction of sp³-hybridized carbons (Fsp3) is 0. The van der Waals surface area contributed by atoms with E-state index in [1.54, 1.807) is 6.07 Å². The molecule has 0 atom stereocenters. The second-order valence-electron chi connectivity index (χ2n) is 6.04. The van der Waals surface area contributed by atoms with E-state index >= 15 is 0 Å². The van der Waals surface area contributed by atoms with Gasteiger partial charge >= 0.3 is 11.9 Å². The largest absolute Gasteiger partial charge is 0.478 e. The van der Waals surface area contributed by atoms with Gasteiger partial charge in [0.05, 0.1) is 16.1 Å². The van der Waals surface area contributed by atoms with Crippen LogP contribution in [0.2, 0.25) is 0 Å².